The molecule has 1 nitrogen and oxygen atoms in total. The second-order valence-electron chi connectivity index (χ2n) is 3.07. The largest absolute Gasteiger partial charge is 0.389 e. The lowest BCUT2D eigenvalue weighted by atomic mass is 10.1. The molecule has 1 heteroatoms. The molecule has 1 atom stereocenters. The highest BCUT2D eigenvalue weighted by Crippen LogP contribution is 2.06. The zero-order chi connectivity index (χ0) is 8.85. The first-order valence-corrected chi connectivity index (χ1v) is 3.84. The van der Waals surface area contributed by atoms with Crippen LogP contribution in [-0.2, 0) is 0 Å². The molecule has 1 radical (unpaired) electrons. The van der Waals surface area contributed by atoms with Crippen LogP contribution in [0.1, 0.15) is 27.2 Å². The summed E-state index contributed by atoms with van der Waals surface area (Å²) in [6.45, 7) is 9.55. The molecule has 63 valence electrons. The third-order valence-electron chi connectivity index (χ3n) is 1.41. The monoisotopic (exact) mass is 153 g/mol. The number of hydrogen-bond donors (Lipinski definition) is 1. The molecule has 0 saturated heterocycles. The van der Waals surface area contributed by atoms with E-state index in [2.05, 4.69) is 6.92 Å². The Labute approximate surface area is 69.4 Å². The molecule has 0 aromatic heterocycles. The minimum absolute atomic E-state index is 0.349. The Bertz CT molecular complexity index is 162. The van der Waals surface area contributed by atoms with Crippen molar-refractivity contribution in [3.63, 3.8) is 0 Å². The lowest BCUT2D eigenvalue weighted by molar-refractivity contribution is 0.223. The van der Waals surface area contributed by atoms with Crippen molar-refractivity contribution in [3.05, 3.63) is 30.2 Å². The minimum Gasteiger partial charge on any atom is -0.389 e. The summed E-state index contributed by atoms with van der Waals surface area (Å²) >= 11 is 0. The summed E-state index contributed by atoms with van der Waals surface area (Å²) in [5.41, 5.74) is 2.27. The van der Waals surface area contributed by atoms with E-state index in [1.807, 2.05) is 26.8 Å². The quantitative estimate of drug-likeness (QED) is 0.617. The van der Waals surface area contributed by atoms with Gasteiger partial charge < -0.3 is 5.11 Å². The van der Waals surface area contributed by atoms with Gasteiger partial charge in [-0.2, -0.15) is 0 Å². The molecule has 0 aromatic carbocycles. The molecular weight excluding hydrogens is 136 g/mol. The van der Waals surface area contributed by atoms with E-state index in [9.17, 15) is 5.11 Å². The third kappa shape index (κ3) is 5.86. The van der Waals surface area contributed by atoms with Crippen LogP contribution in [0.5, 0.6) is 0 Å². The van der Waals surface area contributed by atoms with Gasteiger partial charge in [-0.1, -0.05) is 23.3 Å². The fourth-order valence-electron chi connectivity index (χ4n) is 0.857. The maximum Gasteiger partial charge on any atom is 0.0760 e. The summed E-state index contributed by atoms with van der Waals surface area (Å²) in [4.78, 5) is 0. The molecule has 0 rings (SSSR count). The summed E-state index contributed by atoms with van der Waals surface area (Å²) in [5, 5.41) is 9.38. The molecule has 0 saturated carbocycles. The van der Waals surface area contributed by atoms with Gasteiger partial charge in [0.2, 0.25) is 0 Å². The van der Waals surface area contributed by atoms with Crippen molar-refractivity contribution in [2.45, 2.75) is 33.3 Å². The number of aliphatic hydroxyl groups is 1. The number of rotatable bonds is 3. The highest BCUT2D eigenvalue weighted by Gasteiger charge is 1.99. The fraction of sp³-hybridized carbons (Fsp3) is 0.500. The predicted octanol–water partition coefficient (Wildman–Crippen LogP) is 2.48. The van der Waals surface area contributed by atoms with Crippen molar-refractivity contribution in [2.75, 3.05) is 0 Å². The molecule has 0 heterocycles. The van der Waals surface area contributed by atoms with Gasteiger partial charge in [0.05, 0.1) is 6.10 Å². The highest BCUT2D eigenvalue weighted by atomic mass is 16.3. The number of allylic oxidation sites excluding steroid dienone is 2. The van der Waals surface area contributed by atoms with E-state index in [-0.39, 0.29) is 6.10 Å². The fourth-order valence-corrected chi connectivity index (χ4v) is 0.857. The van der Waals surface area contributed by atoms with E-state index >= 15 is 0 Å². The molecule has 0 amide bonds. The zero-order valence-corrected chi connectivity index (χ0v) is 7.59. The molecular formula is C10H17O. The van der Waals surface area contributed by atoms with Crippen molar-refractivity contribution >= 4 is 0 Å². The van der Waals surface area contributed by atoms with Crippen molar-refractivity contribution in [3.8, 4) is 0 Å². The van der Waals surface area contributed by atoms with Crippen LogP contribution in [0.3, 0.4) is 0 Å². The van der Waals surface area contributed by atoms with Gasteiger partial charge >= 0.3 is 0 Å². The smallest absolute Gasteiger partial charge is 0.0760 e. The van der Waals surface area contributed by atoms with Gasteiger partial charge in [0, 0.05) is 0 Å². The van der Waals surface area contributed by atoms with Crippen LogP contribution in [0.15, 0.2) is 23.3 Å². The molecule has 11 heavy (non-hydrogen) atoms. The molecule has 0 aromatic rings. The molecule has 0 fully saturated rings. The van der Waals surface area contributed by atoms with Gasteiger partial charge in [-0.15, -0.1) is 0 Å². The van der Waals surface area contributed by atoms with E-state index in [4.69, 9.17) is 0 Å². The van der Waals surface area contributed by atoms with Crippen molar-refractivity contribution in [1.82, 2.24) is 0 Å². The maximum atomic E-state index is 9.38. The van der Waals surface area contributed by atoms with Crippen molar-refractivity contribution < 1.29 is 5.11 Å². The van der Waals surface area contributed by atoms with Crippen LogP contribution in [0.4, 0.5) is 0 Å². The predicted molar refractivity (Wildman–Crippen MR) is 49.2 cm³/mol. The molecule has 0 aliphatic heterocycles. The third-order valence-corrected chi connectivity index (χ3v) is 1.41. The Kier molecular flexibility index (Phi) is 4.88. The van der Waals surface area contributed by atoms with Gasteiger partial charge in [-0.05, 0) is 34.1 Å². The Balaban J connectivity index is 3.88. The summed E-state index contributed by atoms with van der Waals surface area (Å²) in [7, 11) is 0. The Morgan fingerprint density at radius 1 is 1.45 bits per heavy atom. The lowest BCUT2D eigenvalue weighted by Crippen LogP contribution is -2.02. The van der Waals surface area contributed by atoms with Gasteiger partial charge in [0.25, 0.3) is 0 Å². The van der Waals surface area contributed by atoms with E-state index in [0.29, 0.717) is 6.42 Å². The van der Waals surface area contributed by atoms with Gasteiger partial charge in [0.1, 0.15) is 0 Å². The standard InChI is InChI=1S/C10H17O/c1-5-9(4)7-10(11)6-8(2)3/h5-6,10-11H,1,7H2,2-4H3. The minimum atomic E-state index is -0.349. The van der Waals surface area contributed by atoms with E-state index in [1.54, 1.807) is 6.08 Å². The second-order valence-corrected chi connectivity index (χ2v) is 3.07. The molecule has 0 aliphatic rings. The first-order valence-electron chi connectivity index (χ1n) is 3.84. The average molecular weight is 153 g/mol. The Hall–Kier alpha value is -0.560. The average Bonchev–Trinajstić information content (AvgIpc) is 1.85. The zero-order valence-electron chi connectivity index (χ0n) is 7.59. The van der Waals surface area contributed by atoms with Gasteiger partial charge in [-0.3, -0.25) is 0 Å². The summed E-state index contributed by atoms with van der Waals surface area (Å²) in [6.07, 6.45) is 3.97. The SMILES string of the molecule is [CH2]C=C(C)CC(O)C=C(C)C. The number of aliphatic hydroxyl groups excluding tert-OH is 1. The summed E-state index contributed by atoms with van der Waals surface area (Å²) < 4.78 is 0. The van der Waals surface area contributed by atoms with E-state index in [0.717, 1.165) is 11.1 Å². The van der Waals surface area contributed by atoms with Crippen molar-refractivity contribution in [2.24, 2.45) is 0 Å². The molecule has 1 unspecified atom stereocenters. The first-order chi connectivity index (χ1) is 5.06. The van der Waals surface area contributed by atoms with Crippen LogP contribution in [0.25, 0.3) is 0 Å². The highest BCUT2D eigenvalue weighted by molar-refractivity contribution is 5.07. The van der Waals surface area contributed by atoms with E-state index < -0.39 is 0 Å². The summed E-state index contributed by atoms with van der Waals surface area (Å²) in [6, 6.07) is 0. The topological polar surface area (TPSA) is 20.2 Å². The summed E-state index contributed by atoms with van der Waals surface area (Å²) in [5.74, 6) is 0. The first kappa shape index (κ1) is 10.4. The Morgan fingerprint density at radius 3 is 2.36 bits per heavy atom. The van der Waals surface area contributed by atoms with Crippen LogP contribution < -0.4 is 0 Å². The van der Waals surface area contributed by atoms with Crippen LogP contribution >= 0.6 is 0 Å². The van der Waals surface area contributed by atoms with Gasteiger partial charge in [0.15, 0.2) is 0 Å². The molecule has 0 spiro atoms. The molecule has 0 bridgehead atoms. The normalized spacial score (nSPS) is 14.5. The van der Waals surface area contributed by atoms with Crippen LogP contribution in [0, 0.1) is 6.92 Å². The molecule has 0 aliphatic carbocycles. The lowest BCUT2D eigenvalue weighted by Gasteiger charge is -2.05. The molecule has 1 N–H and O–H groups in total. The Morgan fingerprint density at radius 2 is 2.00 bits per heavy atom. The number of hydrogen-bond acceptors (Lipinski definition) is 1. The van der Waals surface area contributed by atoms with E-state index in [1.165, 1.54) is 0 Å². The second kappa shape index (κ2) is 5.14. The van der Waals surface area contributed by atoms with Crippen LogP contribution in [-0.4, -0.2) is 11.2 Å². The van der Waals surface area contributed by atoms with Crippen LogP contribution in [0.2, 0.25) is 0 Å². The van der Waals surface area contributed by atoms with Crippen molar-refractivity contribution in [1.29, 1.82) is 0 Å². The van der Waals surface area contributed by atoms with Gasteiger partial charge in [-0.25, -0.2) is 0 Å². The maximum absolute atomic E-state index is 9.38.